The first-order chi connectivity index (χ1) is 8.58. The van der Waals surface area contributed by atoms with Gasteiger partial charge < -0.3 is 14.6 Å². The minimum Gasteiger partial charge on any atom is -0.493 e. The molecule has 4 nitrogen and oxygen atoms in total. The molecule has 0 heterocycles. The van der Waals surface area contributed by atoms with Crippen LogP contribution in [0.15, 0.2) is 16.6 Å². The number of methoxy groups -OCH3 is 1. The Morgan fingerprint density at radius 2 is 2.17 bits per heavy atom. The molecule has 1 aromatic rings. The Balaban J connectivity index is 3.02. The fourth-order valence-electron chi connectivity index (χ4n) is 1.57. The van der Waals surface area contributed by atoms with Crippen molar-refractivity contribution in [2.24, 2.45) is 0 Å². The molecule has 0 unspecified atom stereocenters. The predicted octanol–water partition coefficient (Wildman–Crippen LogP) is 3.26. The van der Waals surface area contributed by atoms with Crippen LogP contribution in [-0.2, 0) is 11.2 Å². The van der Waals surface area contributed by atoms with E-state index in [4.69, 9.17) is 14.6 Å². The number of carbonyl (C=O) groups is 1. The second-order valence-corrected chi connectivity index (χ2v) is 4.75. The smallest absolute Gasteiger partial charge is 0.303 e. The monoisotopic (exact) mass is 316 g/mol. The van der Waals surface area contributed by atoms with E-state index < -0.39 is 5.97 Å². The first kappa shape index (κ1) is 14.8. The molecule has 0 fully saturated rings. The molecule has 0 spiro atoms. The SMILES string of the molecule is CCCOc1c(CCC(=O)O)cc(Br)cc1OC. The van der Waals surface area contributed by atoms with Gasteiger partial charge >= 0.3 is 5.97 Å². The van der Waals surface area contributed by atoms with Gasteiger partial charge in [-0.15, -0.1) is 0 Å². The van der Waals surface area contributed by atoms with E-state index in [0.29, 0.717) is 24.5 Å². The summed E-state index contributed by atoms with van der Waals surface area (Å²) in [6, 6.07) is 3.69. The second kappa shape index (κ2) is 7.26. The van der Waals surface area contributed by atoms with Crippen molar-refractivity contribution in [2.75, 3.05) is 13.7 Å². The van der Waals surface area contributed by atoms with Crippen molar-refractivity contribution in [3.63, 3.8) is 0 Å². The number of rotatable bonds is 7. The van der Waals surface area contributed by atoms with E-state index in [1.807, 2.05) is 19.1 Å². The molecule has 100 valence electrons. The number of halogens is 1. The molecule has 0 bridgehead atoms. The molecule has 0 saturated heterocycles. The van der Waals surface area contributed by atoms with Gasteiger partial charge in [-0.3, -0.25) is 4.79 Å². The van der Waals surface area contributed by atoms with Gasteiger partial charge in [0.25, 0.3) is 0 Å². The first-order valence-corrected chi connectivity index (χ1v) is 6.58. The van der Waals surface area contributed by atoms with Crippen LogP contribution >= 0.6 is 15.9 Å². The van der Waals surface area contributed by atoms with Crippen LogP contribution in [0.5, 0.6) is 11.5 Å². The van der Waals surface area contributed by atoms with Crippen LogP contribution < -0.4 is 9.47 Å². The molecular formula is C13H17BrO4. The summed E-state index contributed by atoms with van der Waals surface area (Å²) in [6.07, 6.45) is 1.38. The number of carboxylic acid groups (broad SMARTS) is 1. The lowest BCUT2D eigenvalue weighted by molar-refractivity contribution is -0.136. The lowest BCUT2D eigenvalue weighted by Crippen LogP contribution is -2.04. The predicted molar refractivity (Wildman–Crippen MR) is 72.4 cm³/mol. The lowest BCUT2D eigenvalue weighted by atomic mass is 10.1. The Labute approximate surface area is 115 Å². The molecular weight excluding hydrogens is 300 g/mol. The second-order valence-electron chi connectivity index (χ2n) is 3.84. The molecule has 0 aliphatic rings. The van der Waals surface area contributed by atoms with Gasteiger partial charge in [0.15, 0.2) is 11.5 Å². The van der Waals surface area contributed by atoms with Gasteiger partial charge in [-0.2, -0.15) is 0 Å². The van der Waals surface area contributed by atoms with Crippen molar-refractivity contribution in [3.05, 3.63) is 22.2 Å². The number of carboxylic acids is 1. The maximum atomic E-state index is 10.7. The van der Waals surface area contributed by atoms with Crippen LogP contribution in [-0.4, -0.2) is 24.8 Å². The van der Waals surface area contributed by atoms with Crippen LogP contribution in [0.1, 0.15) is 25.3 Å². The summed E-state index contributed by atoms with van der Waals surface area (Å²) in [6.45, 7) is 2.60. The minimum absolute atomic E-state index is 0.0715. The fourth-order valence-corrected chi connectivity index (χ4v) is 2.05. The first-order valence-electron chi connectivity index (χ1n) is 5.79. The average Bonchev–Trinajstić information content (AvgIpc) is 2.34. The lowest BCUT2D eigenvalue weighted by Gasteiger charge is -2.15. The number of aliphatic carboxylic acids is 1. The highest BCUT2D eigenvalue weighted by Gasteiger charge is 2.13. The van der Waals surface area contributed by atoms with Crippen molar-refractivity contribution >= 4 is 21.9 Å². The van der Waals surface area contributed by atoms with Crippen molar-refractivity contribution in [1.29, 1.82) is 0 Å². The van der Waals surface area contributed by atoms with Gasteiger partial charge in [0.2, 0.25) is 0 Å². The van der Waals surface area contributed by atoms with Crippen molar-refractivity contribution in [3.8, 4) is 11.5 Å². The van der Waals surface area contributed by atoms with Crippen LogP contribution in [0.2, 0.25) is 0 Å². The Morgan fingerprint density at radius 1 is 1.44 bits per heavy atom. The Kier molecular flexibility index (Phi) is 5.98. The maximum absolute atomic E-state index is 10.7. The number of aryl methyl sites for hydroxylation is 1. The molecule has 0 aromatic heterocycles. The summed E-state index contributed by atoms with van der Waals surface area (Å²) >= 11 is 3.38. The van der Waals surface area contributed by atoms with Crippen molar-refractivity contribution < 1.29 is 19.4 Å². The van der Waals surface area contributed by atoms with Gasteiger partial charge in [0.1, 0.15) is 0 Å². The zero-order valence-corrected chi connectivity index (χ0v) is 12.1. The van der Waals surface area contributed by atoms with Gasteiger partial charge in [0, 0.05) is 10.9 Å². The Hall–Kier alpha value is -1.23. The van der Waals surface area contributed by atoms with Crippen LogP contribution in [0.3, 0.4) is 0 Å². The van der Waals surface area contributed by atoms with Crippen molar-refractivity contribution in [2.45, 2.75) is 26.2 Å². The normalized spacial score (nSPS) is 10.2. The van der Waals surface area contributed by atoms with E-state index in [1.165, 1.54) is 0 Å². The molecule has 0 saturated carbocycles. The van der Waals surface area contributed by atoms with E-state index in [9.17, 15) is 4.79 Å². The molecule has 1 aromatic carbocycles. The number of hydrogen-bond acceptors (Lipinski definition) is 3. The largest absolute Gasteiger partial charge is 0.493 e. The Morgan fingerprint density at radius 3 is 2.72 bits per heavy atom. The zero-order valence-electron chi connectivity index (χ0n) is 10.5. The maximum Gasteiger partial charge on any atom is 0.303 e. The summed E-state index contributed by atoms with van der Waals surface area (Å²) in [7, 11) is 1.57. The van der Waals surface area contributed by atoms with Gasteiger partial charge in [-0.25, -0.2) is 0 Å². The van der Waals surface area contributed by atoms with E-state index in [-0.39, 0.29) is 6.42 Å². The van der Waals surface area contributed by atoms with Crippen LogP contribution in [0.25, 0.3) is 0 Å². The molecule has 0 atom stereocenters. The zero-order chi connectivity index (χ0) is 13.5. The number of hydrogen-bond donors (Lipinski definition) is 1. The van der Waals surface area contributed by atoms with Crippen LogP contribution in [0, 0.1) is 0 Å². The van der Waals surface area contributed by atoms with Gasteiger partial charge in [-0.1, -0.05) is 22.9 Å². The summed E-state index contributed by atoms with van der Waals surface area (Å²) in [5, 5.41) is 8.75. The molecule has 5 heteroatoms. The highest BCUT2D eigenvalue weighted by molar-refractivity contribution is 9.10. The van der Waals surface area contributed by atoms with Crippen LogP contribution in [0.4, 0.5) is 0 Å². The quantitative estimate of drug-likeness (QED) is 0.838. The summed E-state index contributed by atoms with van der Waals surface area (Å²) in [5.41, 5.74) is 0.845. The Bertz CT molecular complexity index is 418. The third-order valence-corrected chi connectivity index (χ3v) is 2.83. The average molecular weight is 317 g/mol. The summed E-state index contributed by atoms with van der Waals surface area (Å²) in [4.78, 5) is 10.7. The minimum atomic E-state index is -0.824. The molecule has 0 aliphatic carbocycles. The topological polar surface area (TPSA) is 55.8 Å². The van der Waals surface area contributed by atoms with Crippen molar-refractivity contribution in [1.82, 2.24) is 0 Å². The van der Waals surface area contributed by atoms with Gasteiger partial charge in [-0.05, 0) is 30.5 Å². The summed E-state index contributed by atoms with van der Waals surface area (Å²) in [5.74, 6) is 0.442. The van der Waals surface area contributed by atoms with E-state index in [2.05, 4.69) is 15.9 Å². The third-order valence-electron chi connectivity index (χ3n) is 2.38. The van der Waals surface area contributed by atoms with Gasteiger partial charge in [0.05, 0.1) is 13.7 Å². The third kappa shape index (κ3) is 4.22. The molecule has 0 amide bonds. The molecule has 1 rings (SSSR count). The molecule has 0 radical (unpaired) electrons. The van der Waals surface area contributed by atoms with E-state index in [1.54, 1.807) is 7.11 Å². The highest BCUT2D eigenvalue weighted by atomic mass is 79.9. The summed E-state index contributed by atoms with van der Waals surface area (Å²) < 4.78 is 11.8. The number of ether oxygens (including phenoxy) is 2. The highest BCUT2D eigenvalue weighted by Crippen LogP contribution is 2.35. The van der Waals surface area contributed by atoms with E-state index in [0.717, 1.165) is 16.5 Å². The molecule has 18 heavy (non-hydrogen) atoms. The number of benzene rings is 1. The standard InChI is InChI=1S/C13H17BrO4/c1-3-6-18-13-9(4-5-12(15)16)7-10(14)8-11(13)17-2/h7-8H,3-6H2,1-2H3,(H,15,16). The molecule has 0 aliphatic heterocycles. The fraction of sp³-hybridized carbons (Fsp3) is 0.462. The molecule has 1 N–H and O–H groups in total. The van der Waals surface area contributed by atoms with E-state index >= 15 is 0 Å².